The van der Waals surface area contributed by atoms with Crippen LogP contribution in [0.5, 0.6) is 0 Å². The first-order valence-electron chi connectivity index (χ1n) is 25.0. The first-order chi connectivity index (χ1) is 27.1. The number of nitrogens with zero attached hydrogens (tertiary/aromatic N) is 2. The van der Waals surface area contributed by atoms with Crippen LogP contribution in [0.1, 0.15) is 259 Å². The highest BCUT2D eigenvalue weighted by Crippen LogP contribution is 2.23. The molecule has 0 saturated carbocycles. The van der Waals surface area contributed by atoms with Crippen LogP contribution in [0.25, 0.3) is 0 Å². The molecule has 0 spiro atoms. The molecule has 0 fully saturated rings. The lowest BCUT2D eigenvalue weighted by atomic mass is 9.97. The molecule has 0 saturated heterocycles. The van der Waals surface area contributed by atoms with Crippen molar-refractivity contribution >= 4 is 11.9 Å². The fraction of sp³-hybridized carbons (Fsp3) is 0.960. The summed E-state index contributed by atoms with van der Waals surface area (Å²) >= 11 is 0. The highest BCUT2D eigenvalue weighted by atomic mass is 19.1. The van der Waals surface area contributed by atoms with Gasteiger partial charge in [0.25, 0.3) is 0 Å². The van der Waals surface area contributed by atoms with E-state index in [0.29, 0.717) is 18.7 Å². The number of hydrogen-bond donors (Lipinski definition) is 0. The van der Waals surface area contributed by atoms with Crippen molar-refractivity contribution in [3.05, 3.63) is 0 Å². The van der Waals surface area contributed by atoms with Crippen LogP contribution < -0.4 is 0 Å². The topological polar surface area (TPSA) is 46.6 Å². The number of carbonyl (C=O) groups excluding carboxylic acids is 2. The van der Waals surface area contributed by atoms with Crippen molar-refractivity contribution in [2.24, 2.45) is 0 Å². The minimum absolute atomic E-state index is 0.155. The van der Waals surface area contributed by atoms with Crippen molar-refractivity contribution in [3.8, 4) is 0 Å². The largest absolute Gasteiger partial charge is 0.460 e. The van der Waals surface area contributed by atoms with E-state index in [0.717, 1.165) is 94.6 Å². The quantitative estimate of drug-likeness (QED) is 0.0351. The van der Waals surface area contributed by atoms with Gasteiger partial charge in [-0.2, -0.15) is 0 Å². The molecule has 0 aromatic carbocycles. The minimum Gasteiger partial charge on any atom is -0.460 e. The molecule has 6 heteroatoms. The van der Waals surface area contributed by atoms with Gasteiger partial charge in [-0.3, -0.25) is 4.79 Å². The maximum Gasteiger partial charge on any atom is 0.340 e. The lowest BCUT2D eigenvalue weighted by molar-refractivity contribution is -0.870. The Labute approximate surface area is 350 Å². The zero-order valence-electron chi connectivity index (χ0n) is 39.1. The normalized spacial score (nSPS) is 13.0. The lowest BCUT2D eigenvalue weighted by Gasteiger charge is -2.33. The van der Waals surface area contributed by atoms with Crippen LogP contribution in [0.15, 0.2) is 0 Å². The molecule has 2 unspecified atom stereocenters. The number of ether oxygens (including phenoxy) is 1. The summed E-state index contributed by atoms with van der Waals surface area (Å²) in [7, 11) is 6.60. The van der Waals surface area contributed by atoms with E-state index in [4.69, 9.17) is 4.74 Å². The summed E-state index contributed by atoms with van der Waals surface area (Å²) in [4.78, 5) is 29.2. The van der Waals surface area contributed by atoms with E-state index < -0.39 is 12.1 Å². The van der Waals surface area contributed by atoms with E-state index in [1.165, 1.54) is 135 Å². The molecular weight excluding hydrogens is 696 g/mol. The Morgan fingerprint density at radius 2 is 0.839 bits per heavy atom. The fourth-order valence-corrected chi connectivity index (χ4v) is 8.19. The minimum atomic E-state index is -1.56. The highest BCUT2D eigenvalue weighted by Gasteiger charge is 2.26. The molecular formula is C50H100FN2O3+. The number of carbonyl (C=O) groups is 2. The third kappa shape index (κ3) is 34.8. The molecule has 0 aliphatic rings. The van der Waals surface area contributed by atoms with E-state index in [1.807, 2.05) is 0 Å². The van der Waals surface area contributed by atoms with E-state index in [1.54, 1.807) is 0 Å². The second-order valence-corrected chi connectivity index (χ2v) is 18.7. The summed E-state index contributed by atoms with van der Waals surface area (Å²) < 4.78 is 22.2. The second kappa shape index (κ2) is 39.3. The molecule has 334 valence electrons. The SMILES string of the molecule is CCCCCCCCCCN(C(=O)CCC[N+](C)(C)C)C(CCCCCCCCC)CCCCC(F)C(=O)OC(CCCCCCCC)CCCCCCCC. The molecule has 0 aromatic heterocycles. The Balaban J connectivity index is 5.39. The first-order valence-corrected chi connectivity index (χ1v) is 25.0. The van der Waals surface area contributed by atoms with E-state index in [-0.39, 0.29) is 18.6 Å². The van der Waals surface area contributed by atoms with Crippen LogP contribution in [-0.4, -0.2) is 73.8 Å². The zero-order chi connectivity index (χ0) is 41.5. The third-order valence-corrected chi connectivity index (χ3v) is 11.9. The molecule has 0 aliphatic heterocycles. The summed E-state index contributed by atoms with van der Waals surface area (Å²) in [5.74, 6) is -0.335. The van der Waals surface area contributed by atoms with Gasteiger partial charge in [0.15, 0.2) is 6.17 Å². The lowest BCUT2D eigenvalue weighted by Crippen LogP contribution is -2.42. The summed E-state index contributed by atoms with van der Waals surface area (Å²) in [6.07, 6.45) is 38.6. The molecule has 56 heavy (non-hydrogen) atoms. The van der Waals surface area contributed by atoms with Gasteiger partial charge in [0.05, 0.1) is 27.7 Å². The van der Waals surface area contributed by atoms with Crippen molar-refractivity contribution in [1.29, 1.82) is 0 Å². The van der Waals surface area contributed by atoms with Gasteiger partial charge >= 0.3 is 5.97 Å². The van der Waals surface area contributed by atoms with Crippen molar-refractivity contribution < 1.29 is 23.2 Å². The standard InChI is InChI=1S/C50H100FN2O3/c1-8-12-16-20-24-26-30-36-44-52(49(54)43-37-45-53(5,6)7)46(38-31-27-25-21-17-13-9-2)39-34-35-42-48(51)50(55)56-47(40-32-28-22-18-14-10-3)41-33-29-23-19-15-11-4/h46-48H,8-45H2,1-7H3/q+1. The van der Waals surface area contributed by atoms with E-state index >= 15 is 4.39 Å². The molecule has 0 aromatic rings. The molecule has 2 atom stereocenters. The molecule has 0 N–H and O–H groups in total. The molecule has 1 amide bonds. The maximum atomic E-state index is 15.4. The van der Waals surface area contributed by atoms with Crippen LogP contribution in [0.2, 0.25) is 0 Å². The molecule has 5 nitrogen and oxygen atoms in total. The van der Waals surface area contributed by atoms with Gasteiger partial charge in [-0.05, 0) is 57.8 Å². The fourth-order valence-electron chi connectivity index (χ4n) is 8.19. The summed E-state index contributed by atoms with van der Waals surface area (Å²) in [6.45, 7) is 10.8. The second-order valence-electron chi connectivity index (χ2n) is 18.7. The van der Waals surface area contributed by atoms with Crippen LogP contribution in [0, 0.1) is 0 Å². The predicted molar refractivity (Wildman–Crippen MR) is 242 cm³/mol. The number of hydrogen-bond acceptors (Lipinski definition) is 3. The summed E-state index contributed by atoms with van der Waals surface area (Å²) in [6, 6.07) is 0.205. The van der Waals surface area contributed by atoms with Gasteiger partial charge < -0.3 is 14.1 Å². The number of esters is 1. The number of halogens is 1. The Kier molecular flexibility index (Phi) is 38.5. The maximum absolute atomic E-state index is 15.4. The van der Waals surface area contributed by atoms with Crippen molar-refractivity contribution in [2.45, 2.75) is 277 Å². The number of amides is 1. The van der Waals surface area contributed by atoms with Gasteiger partial charge in [0, 0.05) is 25.4 Å². The molecule has 0 rings (SSSR count). The average molecular weight is 796 g/mol. The van der Waals surface area contributed by atoms with Crippen molar-refractivity contribution in [3.63, 3.8) is 0 Å². The van der Waals surface area contributed by atoms with Gasteiger partial charge in [-0.25, -0.2) is 9.18 Å². The van der Waals surface area contributed by atoms with Crippen LogP contribution in [0.4, 0.5) is 4.39 Å². The smallest absolute Gasteiger partial charge is 0.340 e. The zero-order valence-corrected chi connectivity index (χ0v) is 39.1. The molecule has 0 bridgehead atoms. The molecule has 0 radical (unpaired) electrons. The van der Waals surface area contributed by atoms with E-state index in [2.05, 4.69) is 53.7 Å². The Morgan fingerprint density at radius 1 is 0.482 bits per heavy atom. The number of rotatable bonds is 43. The van der Waals surface area contributed by atoms with Crippen molar-refractivity contribution in [1.82, 2.24) is 4.90 Å². The predicted octanol–water partition coefficient (Wildman–Crippen LogP) is 15.3. The van der Waals surface area contributed by atoms with Gasteiger partial charge in [-0.1, -0.05) is 188 Å². The van der Waals surface area contributed by atoms with E-state index in [9.17, 15) is 9.59 Å². The van der Waals surface area contributed by atoms with Crippen LogP contribution in [-0.2, 0) is 14.3 Å². The Bertz CT molecular complexity index is 846. The Hall–Kier alpha value is -1.17. The number of quaternary nitrogens is 1. The molecule has 0 aliphatic carbocycles. The van der Waals surface area contributed by atoms with Crippen molar-refractivity contribution in [2.75, 3.05) is 34.2 Å². The number of alkyl halides is 1. The summed E-state index contributed by atoms with van der Waals surface area (Å²) in [5, 5.41) is 0. The van der Waals surface area contributed by atoms with Gasteiger partial charge in [0.2, 0.25) is 5.91 Å². The highest BCUT2D eigenvalue weighted by molar-refractivity contribution is 5.76. The van der Waals surface area contributed by atoms with Gasteiger partial charge in [0.1, 0.15) is 6.10 Å². The monoisotopic (exact) mass is 796 g/mol. The first kappa shape index (κ1) is 54.8. The van der Waals surface area contributed by atoms with Crippen LogP contribution in [0.3, 0.4) is 0 Å². The number of unbranched alkanes of at least 4 members (excludes halogenated alkanes) is 24. The molecule has 0 heterocycles. The van der Waals surface area contributed by atoms with Gasteiger partial charge in [-0.15, -0.1) is 0 Å². The Morgan fingerprint density at radius 3 is 1.27 bits per heavy atom. The summed E-state index contributed by atoms with van der Waals surface area (Å²) in [5.41, 5.74) is 0. The van der Waals surface area contributed by atoms with Crippen LogP contribution >= 0.6 is 0 Å². The third-order valence-electron chi connectivity index (χ3n) is 11.9. The average Bonchev–Trinajstić information content (AvgIpc) is 3.16.